The van der Waals surface area contributed by atoms with Gasteiger partial charge in [0.2, 0.25) is 5.91 Å². The summed E-state index contributed by atoms with van der Waals surface area (Å²) in [6.45, 7) is 7.05. The van der Waals surface area contributed by atoms with E-state index in [4.69, 9.17) is 9.47 Å². The molecule has 0 radical (unpaired) electrons. The number of nitrogens with one attached hydrogen (secondary N) is 2. The van der Waals surface area contributed by atoms with E-state index in [1.165, 1.54) is 6.33 Å². The van der Waals surface area contributed by atoms with Crippen LogP contribution in [-0.2, 0) is 17.9 Å². The van der Waals surface area contributed by atoms with Crippen molar-refractivity contribution in [2.45, 2.75) is 77.5 Å². The number of imidazole rings is 1. The number of nitrogens with zero attached hydrogens (tertiary/aromatic N) is 3. The zero-order chi connectivity index (χ0) is 26.6. The third-order valence-electron chi connectivity index (χ3n) is 7.18. The van der Waals surface area contributed by atoms with Crippen LogP contribution in [0.4, 0.5) is 0 Å². The number of hydrogen-bond donors (Lipinski definition) is 2. The van der Waals surface area contributed by atoms with Crippen LogP contribution in [0.1, 0.15) is 79.4 Å². The van der Waals surface area contributed by atoms with E-state index >= 15 is 0 Å². The average molecular weight is 512 g/mol. The lowest BCUT2D eigenvalue weighted by Crippen LogP contribution is -2.65. The monoisotopic (exact) mass is 511 g/mol. The van der Waals surface area contributed by atoms with Gasteiger partial charge in [0.1, 0.15) is 11.2 Å². The molecule has 10 heteroatoms. The largest absolute Gasteiger partial charge is 0.493 e. The number of amides is 3. The number of methoxy groups -OCH3 is 1. The van der Waals surface area contributed by atoms with E-state index in [1.54, 1.807) is 35.6 Å². The highest BCUT2D eigenvalue weighted by atomic mass is 16.5. The summed E-state index contributed by atoms with van der Waals surface area (Å²) in [5.41, 5.74) is 0.0242. The predicted octanol–water partition coefficient (Wildman–Crippen LogP) is 2.90. The molecular formula is C27H37N5O5. The molecule has 2 N–H and O–H groups in total. The molecule has 1 saturated carbocycles. The number of carbonyl (C=O) groups is 3. The van der Waals surface area contributed by atoms with Crippen molar-refractivity contribution in [1.82, 2.24) is 25.1 Å². The van der Waals surface area contributed by atoms with Crippen LogP contribution >= 0.6 is 0 Å². The molecule has 1 aliphatic carbocycles. The van der Waals surface area contributed by atoms with Gasteiger partial charge in [0.15, 0.2) is 17.2 Å². The molecule has 1 fully saturated rings. The van der Waals surface area contributed by atoms with E-state index in [9.17, 15) is 14.4 Å². The first-order chi connectivity index (χ1) is 17.8. The highest BCUT2D eigenvalue weighted by Gasteiger charge is 2.48. The van der Waals surface area contributed by atoms with Crippen LogP contribution in [0.5, 0.6) is 11.5 Å². The van der Waals surface area contributed by atoms with Crippen molar-refractivity contribution < 1.29 is 23.9 Å². The van der Waals surface area contributed by atoms with E-state index in [-0.39, 0.29) is 42.3 Å². The Kier molecular flexibility index (Phi) is 8.04. The van der Waals surface area contributed by atoms with Gasteiger partial charge in [0.25, 0.3) is 11.8 Å². The second kappa shape index (κ2) is 11.2. The van der Waals surface area contributed by atoms with E-state index in [0.717, 1.165) is 31.2 Å². The van der Waals surface area contributed by atoms with E-state index < -0.39 is 11.4 Å². The molecule has 0 spiro atoms. The Balaban J connectivity index is 1.52. The van der Waals surface area contributed by atoms with Crippen LogP contribution < -0.4 is 20.1 Å². The quantitative estimate of drug-likeness (QED) is 0.507. The number of aromatic nitrogens is 2. The highest BCUT2D eigenvalue weighted by molar-refractivity contribution is 6.07. The molecule has 1 atom stereocenters. The Morgan fingerprint density at radius 1 is 1.19 bits per heavy atom. The van der Waals surface area contributed by atoms with Gasteiger partial charge >= 0.3 is 0 Å². The third-order valence-corrected chi connectivity index (χ3v) is 7.18. The molecule has 1 aliphatic heterocycles. The van der Waals surface area contributed by atoms with Gasteiger partial charge in [-0.1, -0.05) is 25.8 Å². The standard InChI is InChI=1S/C27H37N5O5/c1-5-13-32-25(34)23-22(24(33)28-15-18-11-12-20(37-6-2)21(14-18)36-4)29-17-31(23)16-27(32,3)26(35)30-19-9-7-8-10-19/h11-12,14,17,19H,5-10,13,15-16H2,1-4H3,(H,28,33)(H,30,35). The van der Waals surface area contributed by atoms with Crippen LogP contribution in [0.15, 0.2) is 24.5 Å². The average Bonchev–Trinajstić information content (AvgIpc) is 3.56. The molecule has 2 heterocycles. The second-order valence-corrected chi connectivity index (χ2v) is 9.86. The molecule has 37 heavy (non-hydrogen) atoms. The predicted molar refractivity (Wildman–Crippen MR) is 138 cm³/mol. The number of fused-ring (bicyclic) bond motifs is 1. The highest BCUT2D eigenvalue weighted by Crippen LogP contribution is 2.31. The maximum absolute atomic E-state index is 13.7. The number of benzene rings is 1. The fourth-order valence-electron chi connectivity index (χ4n) is 5.20. The summed E-state index contributed by atoms with van der Waals surface area (Å²) in [5.74, 6) is 0.238. The summed E-state index contributed by atoms with van der Waals surface area (Å²) in [6, 6.07) is 5.59. The van der Waals surface area contributed by atoms with E-state index in [1.807, 2.05) is 19.9 Å². The minimum Gasteiger partial charge on any atom is -0.493 e. The number of hydrogen-bond acceptors (Lipinski definition) is 6. The number of ether oxygens (including phenoxy) is 2. The van der Waals surface area contributed by atoms with Crippen molar-refractivity contribution in [3.63, 3.8) is 0 Å². The Morgan fingerprint density at radius 3 is 2.62 bits per heavy atom. The number of rotatable bonds is 10. The first-order valence-electron chi connectivity index (χ1n) is 13.1. The first kappa shape index (κ1) is 26.5. The maximum atomic E-state index is 13.7. The van der Waals surface area contributed by atoms with Gasteiger partial charge < -0.3 is 29.6 Å². The Bertz CT molecular complexity index is 1160. The van der Waals surface area contributed by atoms with Crippen molar-refractivity contribution in [3.05, 3.63) is 41.5 Å². The fourth-order valence-corrected chi connectivity index (χ4v) is 5.20. The van der Waals surface area contributed by atoms with E-state index in [0.29, 0.717) is 31.1 Å². The second-order valence-electron chi connectivity index (χ2n) is 9.86. The minimum absolute atomic E-state index is 0.0576. The minimum atomic E-state index is -1.06. The summed E-state index contributed by atoms with van der Waals surface area (Å²) < 4.78 is 12.6. The van der Waals surface area contributed by atoms with Gasteiger partial charge in [-0.05, 0) is 50.8 Å². The third kappa shape index (κ3) is 5.28. The van der Waals surface area contributed by atoms with Crippen LogP contribution in [0.2, 0.25) is 0 Å². The van der Waals surface area contributed by atoms with Gasteiger partial charge in [0, 0.05) is 19.1 Å². The summed E-state index contributed by atoms with van der Waals surface area (Å²) in [7, 11) is 1.56. The van der Waals surface area contributed by atoms with Gasteiger partial charge in [0.05, 0.1) is 26.6 Å². The normalized spacial score (nSPS) is 19.5. The lowest BCUT2D eigenvalue weighted by Gasteiger charge is -2.44. The maximum Gasteiger partial charge on any atom is 0.273 e. The fraction of sp³-hybridized carbons (Fsp3) is 0.556. The van der Waals surface area contributed by atoms with Crippen molar-refractivity contribution in [2.75, 3.05) is 20.3 Å². The van der Waals surface area contributed by atoms with E-state index in [2.05, 4.69) is 15.6 Å². The molecule has 1 aromatic heterocycles. The Hall–Kier alpha value is -3.56. The van der Waals surface area contributed by atoms with Gasteiger partial charge in [-0.15, -0.1) is 0 Å². The molecular weight excluding hydrogens is 474 g/mol. The molecule has 4 rings (SSSR count). The van der Waals surface area contributed by atoms with Gasteiger partial charge in [-0.25, -0.2) is 4.98 Å². The Labute approximate surface area is 217 Å². The lowest BCUT2D eigenvalue weighted by atomic mass is 9.93. The van der Waals surface area contributed by atoms with Crippen LogP contribution in [-0.4, -0.2) is 64.0 Å². The van der Waals surface area contributed by atoms with Crippen molar-refractivity contribution >= 4 is 17.7 Å². The van der Waals surface area contributed by atoms with Crippen molar-refractivity contribution in [3.8, 4) is 11.5 Å². The van der Waals surface area contributed by atoms with Gasteiger partial charge in [-0.3, -0.25) is 14.4 Å². The zero-order valence-electron chi connectivity index (χ0n) is 22.1. The molecule has 0 bridgehead atoms. The summed E-state index contributed by atoms with van der Waals surface area (Å²) in [6.07, 6.45) is 6.30. The Morgan fingerprint density at radius 2 is 1.95 bits per heavy atom. The van der Waals surface area contributed by atoms with Crippen molar-refractivity contribution in [1.29, 1.82) is 0 Å². The molecule has 0 saturated heterocycles. The first-order valence-corrected chi connectivity index (χ1v) is 13.1. The summed E-state index contributed by atoms with van der Waals surface area (Å²) in [4.78, 5) is 46.1. The molecule has 3 amide bonds. The molecule has 1 aromatic carbocycles. The molecule has 2 aromatic rings. The SMILES string of the molecule is CCCN1C(=O)c2c(C(=O)NCc3ccc(OCC)c(OC)c3)ncn2CC1(C)C(=O)NC1CCCC1. The lowest BCUT2D eigenvalue weighted by molar-refractivity contribution is -0.133. The topological polar surface area (TPSA) is 115 Å². The number of carbonyl (C=O) groups excluding carboxylic acids is 3. The zero-order valence-corrected chi connectivity index (χ0v) is 22.1. The van der Waals surface area contributed by atoms with Crippen LogP contribution in [0.25, 0.3) is 0 Å². The smallest absolute Gasteiger partial charge is 0.273 e. The molecule has 1 unspecified atom stereocenters. The summed E-state index contributed by atoms with van der Waals surface area (Å²) >= 11 is 0. The van der Waals surface area contributed by atoms with Gasteiger partial charge in [-0.2, -0.15) is 0 Å². The molecule has 2 aliphatic rings. The van der Waals surface area contributed by atoms with Crippen LogP contribution in [0, 0.1) is 0 Å². The summed E-state index contributed by atoms with van der Waals surface area (Å²) in [5, 5.41) is 6.01. The molecule has 10 nitrogen and oxygen atoms in total. The van der Waals surface area contributed by atoms with Crippen LogP contribution in [0.3, 0.4) is 0 Å². The van der Waals surface area contributed by atoms with Crippen molar-refractivity contribution in [2.24, 2.45) is 0 Å². The molecule has 200 valence electrons.